The van der Waals surface area contributed by atoms with Crippen molar-refractivity contribution in [3.8, 4) is 0 Å². The van der Waals surface area contributed by atoms with E-state index in [9.17, 15) is 0 Å². The van der Waals surface area contributed by atoms with Crippen LogP contribution in [0.3, 0.4) is 0 Å². The van der Waals surface area contributed by atoms with Crippen LogP contribution in [0.1, 0.15) is 30.1 Å². The lowest BCUT2D eigenvalue weighted by atomic mass is 9.92. The molecular formula is C14H24N4O. The van der Waals surface area contributed by atoms with Crippen LogP contribution in [0.25, 0.3) is 0 Å². The summed E-state index contributed by atoms with van der Waals surface area (Å²) in [6.45, 7) is 3.98. The van der Waals surface area contributed by atoms with Crippen LogP contribution in [0.4, 0.5) is 0 Å². The number of nitrogens with zero attached hydrogens (tertiary/aromatic N) is 4. The molecular weight excluding hydrogens is 240 g/mol. The SMILES string of the molecule is CN(C)Cc1nccnc1C1CCN(CCO)CC1. The highest BCUT2D eigenvalue weighted by atomic mass is 16.3. The fourth-order valence-corrected chi connectivity index (χ4v) is 2.71. The third-order valence-electron chi connectivity index (χ3n) is 3.66. The number of β-amino-alcohol motifs (C(OH)–C–C–N with tert-alkyl or cyclic N) is 1. The van der Waals surface area contributed by atoms with Crippen LogP contribution in [0.5, 0.6) is 0 Å². The third kappa shape index (κ3) is 3.96. The number of hydrogen-bond acceptors (Lipinski definition) is 5. The number of rotatable bonds is 5. The molecule has 1 aliphatic heterocycles. The first-order valence-corrected chi connectivity index (χ1v) is 6.98. The summed E-state index contributed by atoms with van der Waals surface area (Å²) in [6.07, 6.45) is 5.80. The van der Waals surface area contributed by atoms with Crippen molar-refractivity contribution in [3.05, 3.63) is 23.8 Å². The second-order valence-electron chi connectivity index (χ2n) is 5.47. The fraction of sp³-hybridized carbons (Fsp3) is 0.714. The molecule has 0 unspecified atom stereocenters. The average Bonchev–Trinajstić information content (AvgIpc) is 2.40. The Balaban J connectivity index is 2.02. The zero-order valence-corrected chi connectivity index (χ0v) is 11.9. The molecule has 0 aliphatic carbocycles. The van der Waals surface area contributed by atoms with E-state index in [1.54, 1.807) is 12.4 Å². The number of likely N-dealkylation sites (tertiary alicyclic amines) is 1. The number of aromatic nitrogens is 2. The van der Waals surface area contributed by atoms with E-state index in [1.807, 2.05) is 0 Å². The molecule has 19 heavy (non-hydrogen) atoms. The predicted octanol–water partition coefficient (Wildman–Crippen LogP) is 0.710. The van der Waals surface area contributed by atoms with Gasteiger partial charge in [0, 0.05) is 31.4 Å². The van der Waals surface area contributed by atoms with Crippen LogP contribution >= 0.6 is 0 Å². The number of hydrogen-bond donors (Lipinski definition) is 1. The van der Waals surface area contributed by atoms with Gasteiger partial charge in [0.1, 0.15) is 0 Å². The quantitative estimate of drug-likeness (QED) is 0.849. The predicted molar refractivity (Wildman–Crippen MR) is 74.9 cm³/mol. The van der Waals surface area contributed by atoms with Gasteiger partial charge < -0.3 is 14.9 Å². The van der Waals surface area contributed by atoms with Gasteiger partial charge in [0.15, 0.2) is 0 Å². The van der Waals surface area contributed by atoms with Crippen molar-refractivity contribution in [2.45, 2.75) is 25.3 Å². The maximum Gasteiger partial charge on any atom is 0.0761 e. The Morgan fingerprint density at radius 2 is 1.95 bits per heavy atom. The molecule has 5 heteroatoms. The van der Waals surface area contributed by atoms with Gasteiger partial charge in [0.05, 0.1) is 18.0 Å². The van der Waals surface area contributed by atoms with E-state index in [0.29, 0.717) is 5.92 Å². The Morgan fingerprint density at radius 3 is 2.58 bits per heavy atom. The molecule has 0 radical (unpaired) electrons. The largest absolute Gasteiger partial charge is 0.395 e. The van der Waals surface area contributed by atoms with Crippen LogP contribution in [0.2, 0.25) is 0 Å². The van der Waals surface area contributed by atoms with Gasteiger partial charge >= 0.3 is 0 Å². The summed E-state index contributed by atoms with van der Waals surface area (Å²) in [5, 5.41) is 8.98. The maximum atomic E-state index is 8.98. The smallest absolute Gasteiger partial charge is 0.0761 e. The second-order valence-corrected chi connectivity index (χ2v) is 5.47. The Kier molecular flexibility index (Phi) is 5.24. The highest BCUT2D eigenvalue weighted by Gasteiger charge is 2.23. The van der Waals surface area contributed by atoms with E-state index in [4.69, 9.17) is 5.11 Å². The van der Waals surface area contributed by atoms with E-state index >= 15 is 0 Å². The molecule has 0 amide bonds. The molecule has 1 aliphatic rings. The molecule has 0 atom stereocenters. The molecule has 0 spiro atoms. The molecule has 2 heterocycles. The number of aliphatic hydroxyl groups is 1. The first-order chi connectivity index (χ1) is 9.20. The van der Waals surface area contributed by atoms with E-state index in [1.165, 1.54) is 5.69 Å². The summed E-state index contributed by atoms with van der Waals surface area (Å²) in [7, 11) is 4.12. The van der Waals surface area contributed by atoms with Crippen molar-refractivity contribution in [2.75, 3.05) is 40.3 Å². The molecule has 2 rings (SSSR count). The van der Waals surface area contributed by atoms with Crippen molar-refractivity contribution < 1.29 is 5.11 Å². The van der Waals surface area contributed by atoms with Gasteiger partial charge in [0.25, 0.3) is 0 Å². The Labute approximate surface area is 115 Å². The van der Waals surface area contributed by atoms with Crippen molar-refractivity contribution in [1.29, 1.82) is 0 Å². The van der Waals surface area contributed by atoms with Crippen LogP contribution in [0.15, 0.2) is 12.4 Å². The minimum Gasteiger partial charge on any atom is -0.395 e. The van der Waals surface area contributed by atoms with Gasteiger partial charge in [-0.25, -0.2) is 0 Å². The van der Waals surface area contributed by atoms with E-state index in [-0.39, 0.29) is 6.61 Å². The van der Waals surface area contributed by atoms with E-state index in [2.05, 4.69) is 33.9 Å². The van der Waals surface area contributed by atoms with Gasteiger partial charge in [-0.1, -0.05) is 0 Å². The molecule has 1 aromatic heterocycles. The highest BCUT2D eigenvalue weighted by Crippen LogP contribution is 2.28. The standard InChI is InChI=1S/C14H24N4O/c1-17(2)11-13-14(16-6-5-15-13)12-3-7-18(8-4-12)9-10-19/h5-6,12,19H,3-4,7-11H2,1-2H3. The number of piperidine rings is 1. The molecule has 1 N–H and O–H groups in total. The molecule has 0 bridgehead atoms. The lowest BCUT2D eigenvalue weighted by Gasteiger charge is -2.31. The van der Waals surface area contributed by atoms with Crippen LogP contribution in [-0.2, 0) is 6.54 Å². The topological polar surface area (TPSA) is 52.5 Å². The third-order valence-corrected chi connectivity index (χ3v) is 3.66. The fourth-order valence-electron chi connectivity index (χ4n) is 2.71. The van der Waals surface area contributed by atoms with Crippen LogP contribution < -0.4 is 0 Å². The van der Waals surface area contributed by atoms with Gasteiger partial charge in [-0.15, -0.1) is 0 Å². The summed E-state index contributed by atoms with van der Waals surface area (Å²) >= 11 is 0. The van der Waals surface area contributed by atoms with Gasteiger partial charge in [-0.2, -0.15) is 0 Å². The Bertz CT molecular complexity index is 389. The minimum absolute atomic E-state index is 0.252. The zero-order chi connectivity index (χ0) is 13.7. The Morgan fingerprint density at radius 1 is 1.26 bits per heavy atom. The average molecular weight is 264 g/mol. The van der Waals surface area contributed by atoms with Gasteiger partial charge in [0.2, 0.25) is 0 Å². The molecule has 1 aromatic rings. The maximum absolute atomic E-state index is 8.98. The summed E-state index contributed by atoms with van der Waals surface area (Å²) in [6, 6.07) is 0. The van der Waals surface area contributed by atoms with Gasteiger partial charge in [-0.05, 0) is 40.0 Å². The van der Waals surface area contributed by atoms with Crippen LogP contribution in [-0.4, -0.2) is 65.2 Å². The lowest BCUT2D eigenvalue weighted by molar-refractivity contribution is 0.163. The van der Waals surface area contributed by atoms with E-state index in [0.717, 1.165) is 44.7 Å². The van der Waals surface area contributed by atoms with Crippen molar-refractivity contribution in [3.63, 3.8) is 0 Å². The minimum atomic E-state index is 0.252. The molecule has 0 aromatic carbocycles. The molecule has 0 saturated carbocycles. The number of aliphatic hydroxyl groups excluding tert-OH is 1. The summed E-state index contributed by atoms with van der Waals surface area (Å²) in [5.41, 5.74) is 2.27. The molecule has 1 fully saturated rings. The summed E-state index contributed by atoms with van der Waals surface area (Å²) in [4.78, 5) is 13.5. The monoisotopic (exact) mass is 264 g/mol. The summed E-state index contributed by atoms with van der Waals surface area (Å²) in [5.74, 6) is 0.513. The lowest BCUT2D eigenvalue weighted by Crippen LogP contribution is -2.35. The normalized spacial score (nSPS) is 18.1. The molecule has 106 valence electrons. The molecule has 1 saturated heterocycles. The second kappa shape index (κ2) is 6.93. The first-order valence-electron chi connectivity index (χ1n) is 6.98. The first kappa shape index (κ1) is 14.4. The Hall–Kier alpha value is -1.04. The van der Waals surface area contributed by atoms with Crippen molar-refractivity contribution in [1.82, 2.24) is 19.8 Å². The van der Waals surface area contributed by atoms with E-state index < -0.39 is 0 Å². The van der Waals surface area contributed by atoms with Gasteiger partial charge in [-0.3, -0.25) is 9.97 Å². The van der Waals surface area contributed by atoms with Crippen LogP contribution in [0, 0.1) is 0 Å². The highest BCUT2D eigenvalue weighted by molar-refractivity contribution is 5.16. The van der Waals surface area contributed by atoms with Crippen molar-refractivity contribution >= 4 is 0 Å². The summed E-state index contributed by atoms with van der Waals surface area (Å²) < 4.78 is 0. The zero-order valence-electron chi connectivity index (χ0n) is 11.9. The molecule has 5 nitrogen and oxygen atoms in total. The van der Waals surface area contributed by atoms with Crippen molar-refractivity contribution in [2.24, 2.45) is 0 Å².